The quantitative estimate of drug-likeness (QED) is 0.875. The Labute approximate surface area is 126 Å². The van der Waals surface area contributed by atoms with E-state index >= 15 is 0 Å². The van der Waals surface area contributed by atoms with Crippen LogP contribution in [-0.4, -0.2) is 37.8 Å². The van der Waals surface area contributed by atoms with E-state index in [1.54, 1.807) is 12.3 Å². The summed E-state index contributed by atoms with van der Waals surface area (Å²) in [5.74, 6) is 0.798. The van der Waals surface area contributed by atoms with Crippen molar-refractivity contribution >= 4 is 5.82 Å². The van der Waals surface area contributed by atoms with Crippen molar-refractivity contribution < 1.29 is 9.13 Å². The molecule has 4 nitrogen and oxygen atoms in total. The van der Waals surface area contributed by atoms with Crippen LogP contribution >= 0.6 is 0 Å². The zero-order chi connectivity index (χ0) is 15.2. The van der Waals surface area contributed by atoms with Crippen molar-refractivity contribution in [2.75, 3.05) is 31.7 Å². The predicted octanol–water partition coefficient (Wildman–Crippen LogP) is 2.58. The molecule has 1 aromatic heterocycles. The Morgan fingerprint density at radius 2 is 2.14 bits per heavy atom. The van der Waals surface area contributed by atoms with E-state index in [1.807, 2.05) is 11.9 Å². The van der Waals surface area contributed by atoms with E-state index in [1.165, 1.54) is 0 Å². The van der Waals surface area contributed by atoms with Crippen LogP contribution < -0.4 is 10.2 Å². The maximum absolute atomic E-state index is 14.6. The van der Waals surface area contributed by atoms with Gasteiger partial charge >= 0.3 is 0 Å². The maximum Gasteiger partial charge on any atom is 0.170 e. The van der Waals surface area contributed by atoms with Gasteiger partial charge in [0.1, 0.15) is 0 Å². The summed E-state index contributed by atoms with van der Waals surface area (Å²) in [6, 6.07) is 2.08. The highest BCUT2D eigenvalue weighted by molar-refractivity contribution is 5.42. The zero-order valence-corrected chi connectivity index (χ0v) is 13.2. The largest absolute Gasteiger partial charge is 0.381 e. The van der Waals surface area contributed by atoms with Crippen LogP contribution in [0.4, 0.5) is 10.2 Å². The first-order chi connectivity index (χ1) is 10.1. The fourth-order valence-electron chi connectivity index (χ4n) is 2.59. The molecule has 21 heavy (non-hydrogen) atoms. The summed E-state index contributed by atoms with van der Waals surface area (Å²) in [5, 5.41) is 3.25. The van der Waals surface area contributed by atoms with Gasteiger partial charge in [0.05, 0.1) is 0 Å². The van der Waals surface area contributed by atoms with Gasteiger partial charge in [0, 0.05) is 51.2 Å². The van der Waals surface area contributed by atoms with Crippen LogP contribution in [0.3, 0.4) is 0 Å². The molecule has 1 aliphatic rings. The van der Waals surface area contributed by atoms with E-state index in [-0.39, 0.29) is 5.82 Å². The lowest BCUT2D eigenvalue weighted by Gasteiger charge is -2.28. The number of nitrogens with zero attached hydrogens (tertiary/aromatic N) is 2. The lowest BCUT2D eigenvalue weighted by molar-refractivity contribution is 0.0684. The van der Waals surface area contributed by atoms with Crippen LogP contribution in [0.5, 0.6) is 0 Å². The van der Waals surface area contributed by atoms with Gasteiger partial charge in [-0.1, -0.05) is 13.8 Å². The minimum atomic E-state index is -0.208. The molecule has 2 rings (SSSR count). The van der Waals surface area contributed by atoms with Gasteiger partial charge in [0.2, 0.25) is 0 Å². The lowest BCUT2D eigenvalue weighted by Crippen LogP contribution is -2.31. The maximum atomic E-state index is 14.6. The van der Waals surface area contributed by atoms with E-state index in [9.17, 15) is 4.39 Å². The third-order valence-corrected chi connectivity index (χ3v) is 3.89. The van der Waals surface area contributed by atoms with E-state index in [0.29, 0.717) is 29.9 Å². The van der Waals surface area contributed by atoms with Gasteiger partial charge in [-0.3, -0.25) is 0 Å². The Bertz CT molecular complexity index is 447. The number of anilines is 1. The van der Waals surface area contributed by atoms with Gasteiger partial charge in [-0.15, -0.1) is 0 Å². The molecule has 2 heterocycles. The number of nitrogens with one attached hydrogen (secondary N) is 1. The first kappa shape index (κ1) is 16.2. The van der Waals surface area contributed by atoms with Gasteiger partial charge in [-0.2, -0.15) is 0 Å². The Morgan fingerprint density at radius 3 is 2.81 bits per heavy atom. The predicted molar refractivity (Wildman–Crippen MR) is 83.0 cm³/mol. The molecule has 1 saturated heterocycles. The monoisotopic (exact) mass is 295 g/mol. The molecule has 0 aromatic carbocycles. The Balaban J connectivity index is 2.02. The van der Waals surface area contributed by atoms with E-state index in [2.05, 4.69) is 24.1 Å². The molecular formula is C16H26FN3O. The van der Waals surface area contributed by atoms with Gasteiger partial charge in [-0.25, -0.2) is 9.37 Å². The summed E-state index contributed by atoms with van der Waals surface area (Å²) >= 11 is 0. The smallest absolute Gasteiger partial charge is 0.170 e. The summed E-state index contributed by atoms with van der Waals surface area (Å²) in [4.78, 5) is 6.16. The summed E-state index contributed by atoms with van der Waals surface area (Å²) in [5.41, 5.74) is 0.674. The highest BCUT2D eigenvalue weighted by atomic mass is 19.1. The van der Waals surface area contributed by atoms with E-state index in [0.717, 1.165) is 32.6 Å². The molecule has 1 aliphatic heterocycles. The first-order valence-corrected chi connectivity index (χ1v) is 7.73. The summed E-state index contributed by atoms with van der Waals surface area (Å²) < 4.78 is 19.9. The average molecular weight is 295 g/mol. The van der Waals surface area contributed by atoms with Crippen molar-refractivity contribution in [2.24, 2.45) is 5.92 Å². The van der Waals surface area contributed by atoms with Crippen molar-refractivity contribution in [2.45, 2.75) is 39.3 Å². The SMILES string of the molecule is CC(C)NCc1ccnc(N(C)CC2CCOCC2)c1F. The van der Waals surface area contributed by atoms with Crippen LogP contribution in [0.2, 0.25) is 0 Å². The number of hydrogen-bond acceptors (Lipinski definition) is 4. The molecule has 1 aromatic rings. The van der Waals surface area contributed by atoms with Crippen LogP contribution in [0.1, 0.15) is 32.3 Å². The summed E-state index contributed by atoms with van der Waals surface area (Å²) in [6.45, 7) is 7.09. The normalized spacial score (nSPS) is 16.4. The van der Waals surface area contributed by atoms with Crippen LogP contribution in [0.15, 0.2) is 12.3 Å². The van der Waals surface area contributed by atoms with Crippen LogP contribution in [0.25, 0.3) is 0 Å². The second kappa shape index (κ2) is 7.71. The Kier molecular flexibility index (Phi) is 5.94. The summed E-state index contributed by atoms with van der Waals surface area (Å²) in [6.07, 6.45) is 3.78. The molecule has 1 N–H and O–H groups in total. The molecule has 118 valence electrons. The molecular weight excluding hydrogens is 269 g/mol. The van der Waals surface area contributed by atoms with Crippen molar-refractivity contribution in [1.82, 2.24) is 10.3 Å². The second-order valence-corrected chi connectivity index (χ2v) is 6.08. The number of rotatable bonds is 6. The highest BCUT2D eigenvalue weighted by Gasteiger charge is 2.19. The zero-order valence-electron chi connectivity index (χ0n) is 13.2. The minimum absolute atomic E-state index is 0.208. The molecule has 0 radical (unpaired) electrons. The fraction of sp³-hybridized carbons (Fsp3) is 0.688. The average Bonchev–Trinajstić information content (AvgIpc) is 2.47. The third-order valence-electron chi connectivity index (χ3n) is 3.89. The van der Waals surface area contributed by atoms with Gasteiger partial charge in [0.25, 0.3) is 0 Å². The second-order valence-electron chi connectivity index (χ2n) is 6.08. The molecule has 0 spiro atoms. The highest BCUT2D eigenvalue weighted by Crippen LogP contribution is 2.22. The molecule has 0 unspecified atom stereocenters. The molecule has 5 heteroatoms. The lowest BCUT2D eigenvalue weighted by atomic mass is 10.00. The van der Waals surface area contributed by atoms with Gasteiger partial charge in [-0.05, 0) is 24.8 Å². The molecule has 0 amide bonds. The molecule has 0 saturated carbocycles. The van der Waals surface area contributed by atoms with Crippen molar-refractivity contribution in [3.63, 3.8) is 0 Å². The Hall–Kier alpha value is -1.20. The van der Waals surface area contributed by atoms with Gasteiger partial charge in [0.15, 0.2) is 11.6 Å². The molecule has 0 atom stereocenters. The third kappa shape index (κ3) is 4.64. The fourth-order valence-corrected chi connectivity index (χ4v) is 2.59. The van der Waals surface area contributed by atoms with Gasteiger partial charge < -0.3 is 15.0 Å². The number of ether oxygens (including phenoxy) is 1. The molecule has 0 bridgehead atoms. The Morgan fingerprint density at radius 1 is 1.43 bits per heavy atom. The topological polar surface area (TPSA) is 37.4 Å². The minimum Gasteiger partial charge on any atom is -0.381 e. The number of halogens is 1. The van der Waals surface area contributed by atoms with Crippen LogP contribution in [-0.2, 0) is 11.3 Å². The van der Waals surface area contributed by atoms with E-state index < -0.39 is 0 Å². The van der Waals surface area contributed by atoms with Crippen molar-refractivity contribution in [3.05, 3.63) is 23.6 Å². The number of aromatic nitrogens is 1. The van der Waals surface area contributed by atoms with Crippen molar-refractivity contribution in [1.29, 1.82) is 0 Å². The molecule has 1 fully saturated rings. The summed E-state index contributed by atoms with van der Waals surface area (Å²) in [7, 11) is 1.92. The van der Waals surface area contributed by atoms with Crippen LogP contribution in [0, 0.1) is 11.7 Å². The van der Waals surface area contributed by atoms with Crippen molar-refractivity contribution in [3.8, 4) is 0 Å². The van der Waals surface area contributed by atoms with E-state index in [4.69, 9.17) is 4.74 Å². The standard InChI is InChI=1S/C16H26FN3O/c1-12(2)19-10-14-4-7-18-16(15(14)17)20(3)11-13-5-8-21-9-6-13/h4,7,12-13,19H,5-6,8-11H2,1-3H3. The molecule has 0 aliphatic carbocycles. The first-order valence-electron chi connectivity index (χ1n) is 7.73. The number of pyridine rings is 1. The number of hydrogen-bond donors (Lipinski definition) is 1.